The van der Waals surface area contributed by atoms with Gasteiger partial charge in [-0.2, -0.15) is 0 Å². The molecule has 1 aliphatic heterocycles. The van der Waals surface area contributed by atoms with Gasteiger partial charge in [-0.1, -0.05) is 39.0 Å². The van der Waals surface area contributed by atoms with Crippen LogP contribution in [0.25, 0.3) is 10.9 Å². The highest BCUT2D eigenvalue weighted by molar-refractivity contribution is 5.98. The Balaban J connectivity index is 1.51. The standard InChI is InChI=1S/C23H33N3O/c1-3-16-15-26(4-2)21-11-10-18(14-20(16)21)25-23(27)22-19(12-13-24-22)17-8-6-5-7-9-17/h10-11,14-15,17,19,22,24H,3-9,12-13H2,1-2H3,(H,25,27)/t19-,22-/m0/s1. The second-order valence-electron chi connectivity index (χ2n) is 8.30. The van der Waals surface area contributed by atoms with Crippen molar-refractivity contribution in [1.29, 1.82) is 0 Å². The molecule has 2 aromatic rings. The average molecular weight is 368 g/mol. The lowest BCUT2D eigenvalue weighted by atomic mass is 9.76. The molecular formula is C23H33N3O. The van der Waals surface area contributed by atoms with E-state index in [9.17, 15) is 4.79 Å². The minimum absolute atomic E-state index is 0.0327. The molecule has 2 fully saturated rings. The number of nitrogens with zero attached hydrogens (tertiary/aromatic N) is 1. The largest absolute Gasteiger partial charge is 0.347 e. The zero-order valence-electron chi connectivity index (χ0n) is 16.8. The molecule has 4 nitrogen and oxygen atoms in total. The number of fused-ring (bicyclic) bond motifs is 1. The number of hydrogen-bond donors (Lipinski definition) is 2. The van der Waals surface area contributed by atoms with E-state index in [1.165, 1.54) is 48.6 Å². The molecule has 0 radical (unpaired) electrons. The van der Waals surface area contributed by atoms with Gasteiger partial charge in [0.1, 0.15) is 0 Å². The Hall–Kier alpha value is -1.81. The van der Waals surface area contributed by atoms with Gasteiger partial charge in [-0.05, 0) is 61.9 Å². The number of rotatable bonds is 5. The molecule has 1 saturated heterocycles. The Morgan fingerprint density at radius 3 is 2.74 bits per heavy atom. The first-order valence-electron chi connectivity index (χ1n) is 10.9. The Labute approximate surface area is 162 Å². The highest BCUT2D eigenvalue weighted by Crippen LogP contribution is 2.36. The van der Waals surface area contributed by atoms with Crippen LogP contribution in [0.2, 0.25) is 0 Å². The maximum absolute atomic E-state index is 13.0. The van der Waals surface area contributed by atoms with E-state index in [4.69, 9.17) is 0 Å². The molecule has 1 aliphatic carbocycles. The summed E-state index contributed by atoms with van der Waals surface area (Å²) in [4.78, 5) is 13.0. The van der Waals surface area contributed by atoms with Crippen LogP contribution >= 0.6 is 0 Å². The summed E-state index contributed by atoms with van der Waals surface area (Å²) in [5.74, 6) is 1.37. The van der Waals surface area contributed by atoms with Crippen LogP contribution in [-0.4, -0.2) is 23.1 Å². The quantitative estimate of drug-likeness (QED) is 0.803. The SMILES string of the molecule is CCc1cn(CC)c2ccc(NC(=O)[C@H]3NCC[C@H]3C3CCCCC3)cc12. The van der Waals surface area contributed by atoms with Crippen LogP contribution < -0.4 is 10.6 Å². The summed E-state index contributed by atoms with van der Waals surface area (Å²) in [7, 11) is 0. The molecule has 2 atom stereocenters. The van der Waals surface area contributed by atoms with Gasteiger partial charge in [-0.3, -0.25) is 4.79 Å². The molecular weight excluding hydrogens is 334 g/mol. The van der Waals surface area contributed by atoms with E-state index in [0.717, 1.165) is 37.5 Å². The first-order chi connectivity index (χ1) is 13.2. The molecule has 1 amide bonds. The molecule has 1 aromatic heterocycles. The van der Waals surface area contributed by atoms with E-state index in [2.05, 4.69) is 53.4 Å². The van der Waals surface area contributed by atoms with Crippen molar-refractivity contribution < 1.29 is 4.79 Å². The Morgan fingerprint density at radius 2 is 2.00 bits per heavy atom. The van der Waals surface area contributed by atoms with Crippen molar-refractivity contribution in [2.75, 3.05) is 11.9 Å². The van der Waals surface area contributed by atoms with Crippen molar-refractivity contribution in [3.05, 3.63) is 30.0 Å². The number of anilines is 1. The van der Waals surface area contributed by atoms with E-state index in [1.54, 1.807) is 0 Å². The number of benzene rings is 1. The summed E-state index contributed by atoms with van der Waals surface area (Å²) >= 11 is 0. The van der Waals surface area contributed by atoms with Crippen LogP contribution in [0, 0.1) is 11.8 Å². The van der Waals surface area contributed by atoms with E-state index >= 15 is 0 Å². The third-order valence-corrected chi connectivity index (χ3v) is 6.76. The average Bonchev–Trinajstić information content (AvgIpc) is 3.33. The summed E-state index contributed by atoms with van der Waals surface area (Å²) in [6.45, 7) is 6.30. The van der Waals surface area contributed by atoms with Crippen LogP contribution in [0.4, 0.5) is 5.69 Å². The van der Waals surface area contributed by atoms with Gasteiger partial charge in [0.05, 0.1) is 6.04 Å². The minimum Gasteiger partial charge on any atom is -0.347 e. The number of nitrogens with one attached hydrogen (secondary N) is 2. The molecule has 146 valence electrons. The number of hydrogen-bond acceptors (Lipinski definition) is 2. The number of aryl methyl sites for hydroxylation is 2. The minimum atomic E-state index is -0.0327. The number of carbonyl (C=O) groups excluding carboxylic acids is 1. The topological polar surface area (TPSA) is 46.1 Å². The first kappa shape index (κ1) is 18.5. The van der Waals surface area contributed by atoms with Gasteiger partial charge in [-0.15, -0.1) is 0 Å². The fourth-order valence-electron chi connectivity index (χ4n) is 5.29. The van der Waals surface area contributed by atoms with Crippen molar-refractivity contribution in [2.45, 2.75) is 71.4 Å². The van der Waals surface area contributed by atoms with Gasteiger partial charge in [0.25, 0.3) is 0 Å². The fraction of sp³-hybridized carbons (Fsp3) is 0.609. The van der Waals surface area contributed by atoms with E-state index in [0.29, 0.717) is 5.92 Å². The van der Waals surface area contributed by atoms with Gasteiger partial charge in [0.15, 0.2) is 0 Å². The lowest BCUT2D eigenvalue weighted by molar-refractivity contribution is -0.119. The normalized spacial score (nSPS) is 23.8. The lowest BCUT2D eigenvalue weighted by Gasteiger charge is -2.30. The molecule has 1 aromatic carbocycles. The van der Waals surface area contributed by atoms with Crippen LogP contribution in [0.5, 0.6) is 0 Å². The maximum atomic E-state index is 13.0. The summed E-state index contributed by atoms with van der Waals surface area (Å²) in [6, 6.07) is 6.32. The monoisotopic (exact) mass is 367 g/mol. The fourth-order valence-corrected chi connectivity index (χ4v) is 5.29. The highest BCUT2D eigenvalue weighted by atomic mass is 16.2. The summed E-state index contributed by atoms with van der Waals surface area (Å²) < 4.78 is 2.29. The second-order valence-corrected chi connectivity index (χ2v) is 8.30. The van der Waals surface area contributed by atoms with E-state index < -0.39 is 0 Å². The molecule has 0 bridgehead atoms. The van der Waals surface area contributed by atoms with Crippen molar-refractivity contribution in [3.63, 3.8) is 0 Å². The molecule has 2 aliphatic rings. The number of amides is 1. The Kier molecular flexibility index (Phi) is 5.53. The lowest BCUT2D eigenvalue weighted by Crippen LogP contribution is -2.42. The van der Waals surface area contributed by atoms with Crippen molar-refractivity contribution in [3.8, 4) is 0 Å². The van der Waals surface area contributed by atoms with Crippen LogP contribution in [0.3, 0.4) is 0 Å². The maximum Gasteiger partial charge on any atom is 0.241 e. The van der Waals surface area contributed by atoms with Gasteiger partial charge in [0, 0.05) is 29.3 Å². The molecule has 1 saturated carbocycles. The van der Waals surface area contributed by atoms with Crippen molar-refractivity contribution in [1.82, 2.24) is 9.88 Å². The second kappa shape index (κ2) is 8.05. The van der Waals surface area contributed by atoms with Crippen LogP contribution in [0.15, 0.2) is 24.4 Å². The molecule has 0 unspecified atom stereocenters. The smallest absolute Gasteiger partial charge is 0.241 e. The van der Waals surface area contributed by atoms with Gasteiger partial charge >= 0.3 is 0 Å². The van der Waals surface area contributed by atoms with Gasteiger partial charge in [-0.25, -0.2) is 0 Å². The van der Waals surface area contributed by atoms with E-state index in [-0.39, 0.29) is 11.9 Å². The van der Waals surface area contributed by atoms with Gasteiger partial charge in [0.2, 0.25) is 5.91 Å². The molecule has 4 rings (SSSR count). The Bertz CT molecular complexity index is 803. The zero-order chi connectivity index (χ0) is 18.8. The first-order valence-corrected chi connectivity index (χ1v) is 10.9. The third kappa shape index (κ3) is 3.64. The number of aromatic nitrogens is 1. The van der Waals surface area contributed by atoms with Crippen molar-refractivity contribution >= 4 is 22.5 Å². The van der Waals surface area contributed by atoms with E-state index in [1.807, 2.05) is 0 Å². The molecule has 4 heteroatoms. The van der Waals surface area contributed by atoms with Crippen molar-refractivity contribution in [2.24, 2.45) is 11.8 Å². The summed E-state index contributed by atoms with van der Waals surface area (Å²) in [6.07, 6.45) is 11.0. The third-order valence-electron chi connectivity index (χ3n) is 6.76. The summed E-state index contributed by atoms with van der Waals surface area (Å²) in [5, 5.41) is 7.96. The summed E-state index contributed by atoms with van der Waals surface area (Å²) in [5.41, 5.74) is 3.53. The van der Waals surface area contributed by atoms with Crippen LogP contribution in [0.1, 0.15) is 57.9 Å². The molecule has 2 N–H and O–H groups in total. The predicted octanol–water partition coefficient (Wildman–Crippen LogP) is 4.72. The predicted molar refractivity (Wildman–Crippen MR) is 112 cm³/mol. The zero-order valence-corrected chi connectivity index (χ0v) is 16.8. The highest BCUT2D eigenvalue weighted by Gasteiger charge is 2.38. The molecule has 2 heterocycles. The number of carbonyl (C=O) groups is 1. The van der Waals surface area contributed by atoms with Crippen LogP contribution in [-0.2, 0) is 17.8 Å². The molecule has 0 spiro atoms. The molecule has 27 heavy (non-hydrogen) atoms. The van der Waals surface area contributed by atoms with Gasteiger partial charge < -0.3 is 15.2 Å². The Morgan fingerprint density at radius 1 is 1.19 bits per heavy atom.